The fourth-order valence-electron chi connectivity index (χ4n) is 1.14. The lowest BCUT2D eigenvalue weighted by Gasteiger charge is -2.02. The van der Waals surface area contributed by atoms with Crippen LogP contribution in [0.5, 0.6) is 0 Å². The van der Waals surface area contributed by atoms with Crippen LogP contribution < -0.4 is 5.32 Å². The average molecular weight is 231 g/mol. The maximum Gasteiger partial charge on any atom is 0.262 e. The van der Waals surface area contributed by atoms with Crippen LogP contribution in [0.4, 0.5) is 0 Å². The zero-order chi connectivity index (χ0) is 12.5. The Bertz CT molecular complexity index is 435. The van der Waals surface area contributed by atoms with Crippen LogP contribution in [0.2, 0.25) is 0 Å². The summed E-state index contributed by atoms with van der Waals surface area (Å²) < 4.78 is 4.80. The lowest BCUT2D eigenvalue weighted by atomic mass is 10.1. The molecule has 0 radical (unpaired) electrons. The molecule has 0 bridgehead atoms. The third-order valence-electron chi connectivity index (χ3n) is 1.97. The lowest BCUT2D eigenvalue weighted by Crippen LogP contribution is -2.27. The minimum absolute atomic E-state index is 0.0623. The lowest BCUT2D eigenvalue weighted by molar-refractivity contribution is -0.117. The second kappa shape index (κ2) is 7.14. The van der Waals surface area contributed by atoms with E-state index in [1.165, 1.54) is 6.08 Å². The average Bonchev–Trinajstić information content (AvgIpc) is 2.37. The molecule has 1 aromatic rings. The Morgan fingerprint density at radius 1 is 1.59 bits per heavy atom. The molecule has 1 rings (SSSR count). The van der Waals surface area contributed by atoms with E-state index in [9.17, 15) is 4.79 Å². The van der Waals surface area contributed by atoms with Crippen LogP contribution in [0, 0.1) is 11.3 Å². The molecule has 1 amide bonds. The van der Waals surface area contributed by atoms with E-state index in [0.29, 0.717) is 13.2 Å². The first kappa shape index (κ1) is 12.9. The molecule has 0 aromatic carbocycles. The van der Waals surface area contributed by atoms with E-state index in [0.717, 1.165) is 5.56 Å². The van der Waals surface area contributed by atoms with Gasteiger partial charge in [-0.15, -0.1) is 0 Å². The van der Waals surface area contributed by atoms with Crippen LogP contribution in [0.25, 0.3) is 6.08 Å². The molecule has 0 atom stereocenters. The summed E-state index contributed by atoms with van der Waals surface area (Å²) in [4.78, 5) is 15.4. The van der Waals surface area contributed by atoms with Crippen molar-refractivity contribution < 1.29 is 9.53 Å². The van der Waals surface area contributed by atoms with Crippen molar-refractivity contribution in [1.82, 2.24) is 10.3 Å². The Hall–Kier alpha value is -2.19. The molecule has 0 spiro atoms. The Morgan fingerprint density at radius 2 is 2.29 bits per heavy atom. The van der Waals surface area contributed by atoms with E-state index >= 15 is 0 Å². The van der Waals surface area contributed by atoms with Crippen LogP contribution in [0.1, 0.15) is 5.56 Å². The maximum atomic E-state index is 11.6. The minimum atomic E-state index is -0.402. The number of pyridine rings is 1. The summed E-state index contributed by atoms with van der Waals surface area (Å²) in [5, 5.41) is 11.5. The van der Waals surface area contributed by atoms with Gasteiger partial charge in [0.1, 0.15) is 11.6 Å². The van der Waals surface area contributed by atoms with Gasteiger partial charge in [0, 0.05) is 26.0 Å². The highest BCUT2D eigenvalue weighted by molar-refractivity contribution is 6.01. The van der Waals surface area contributed by atoms with Gasteiger partial charge in [-0.1, -0.05) is 0 Å². The minimum Gasteiger partial charge on any atom is -0.383 e. The summed E-state index contributed by atoms with van der Waals surface area (Å²) in [6.45, 7) is 0.796. The molecule has 0 fully saturated rings. The zero-order valence-electron chi connectivity index (χ0n) is 9.51. The van der Waals surface area contributed by atoms with E-state index in [4.69, 9.17) is 10.00 Å². The van der Waals surface area contributed by atoms with Crippen molar-refractivity contribution >= 4 is 12.0 Å². The number of nitrogens with one attached hydrogen (secondary N) is 1. The van der Waals surface area contributed by atoms with Gasteiger partial charge in [-0.2, -0.15) is 5.26 Å². The van der Waals surface area contributed by atoms with Crippen molar-refractivity contribution in [3.05, 3.63) is 35.7 Å². The first-order valence-electron chi connectivity index (χ1n) is 5.07. The van der Waals surface area contributed by atoms with Crippen LogP contribution in [-0.2, 0) is 9.53 Å². The van der Waals surface area contributed by atoms with Crippen molar-refractivity contribution in [3.63, 3.8) is 0 Å². The summed E-state index contributed by atoms with van der Waals surface area (Å²) in [5.41, 5.74) is 0.825. The quantitative estimate of drug-likeness (QED) is 0.461. The first-order chi connectivity index (χ1) is 8.27. The van der Waals surface area contributed by atoms with Gasteiger partial charge < -0.3 is 10.1 Å². The SMILES string of the molecule is COCCNC(=O)/C(C#N)=C/c1ccncc1. The second-order valence-corrected chi connectivity index (χ2v) is 3.20. The molecule has 0 saturated carbocycles. The Balaban J connectivity index is 2.69. The number of methoxy groups -OCH3 is 1. The van der Waals surface area contributed by atoms with Gasteiger partial charge in [-0.25, -0.2) is 0 Å². The summed E-state index contributed by atoms with van der Waals surface area (Å²) in [5.74, 6) is -0.402. The molecule has 1 aromatic heterocycles. The number of hydrogen-bond acceptors (Lipinski definition) is 4. The molecule has 17 heavy (non-hydrogen) atoms. The molecular weight excluding hydrogens is 218 g/mol. The molecular formula is C12H13N3O2. The smallest absolute Gasteiger partial charge is 0.262 e. The molecule has 0 unspecified atom stereocenters. The van der Waals surface area contributed by atoms with E-state index in [1.807, 2.05) is 6.07 Å². The van der Waals surface area contributed by atoms with Crippen molar-refractivity contribution in [3.8, 4) is 6.07 Å². The van der Waals surface area contributed by atoms with Gasteiger partial charge in [0.15, 0.2) is 0 Å². The number of carbonyl (C=O) groups is 1. The van der Waals surface area contributed by atoms with E-state index in [-0.39, 0.29) is 5.57 Å². The third-order valence-corrected chi connectivity index (χ3v) is 1.97. The van der Waals surface area contributed by atoms with E-state index < -0.39 is 5.91 Å². The molecule has 0 aliphatic rings. The highest BCUT2D eigenvalue weighted by atomic mass is 16.5. The summed E-state index contributed by atoms with van der Waals surface area (Å²) in [6.07, 6.45) is 4.72. The number of hydrogen-bond donors (Lipinski definition) is 1. The second-order valence-electron chi connectivity index (χ2n) is 3.20. The van der Waals surface area contributed by atoms with Crippen LogP contribution in [0.3, 0.4) is 0 Å². The number of ether oxygens (including phenoxy) is 1. The standard InChI is InChI=1S/C12H13N3O2/c1-17-7-6-15-12(16)11(9-13)8-10-2-4-14-5-3-10/h2-5,8H,6-7H2,1H3,(H,15,16)/b11-8+. The fraction of sp³-hybridized carbons (Fsp3) is 0.250. The molecule has 1 N–H and O–H groups in total. The zero-order valence-corrected chi connectivity index (χ0v) is 9.51. The van der Waals surface area contributed by atoms with Crippen LogP contribution in [-0.4, -0.2) is 31.2 Å². The topological polar surface area (TPSA) is 75.0 Å². The predicted molar refractivity (Wildman–Crippen MR) is 62.7 cm³/mol. The molecule has 0 aliphatic carbocycles. The van der Waals surface area contributed by atoms with Crippen molar-refractivity contribution in [1.29, 1.82) is 5.26 Å². The monoisotopic (exact) mass is 231 g/mol. The Kier molecular flexibility index (Phi) is 5.41. The molecule has 5 heteroatoms. The van der Waals surface area contributed by atoms with Crippen LogP contribution in [0.15, 0.2) is 30.1 Å². The first-order valence-corrected chi connectivity index (χ1v) is 5.07. The van der Waals surface area contributed by atoms with E-state index in [2.05, 4.69) is 10.3 Å². The summed E-state index contributed by atoms with van der Waals surface area (Å²) >= 11 is 0. The predicted octanol–water partition coefficient (Wildman–Crippen LogP) is 0.751. The summed E-state index contributed by atoms with van der Waals surface area (Å²) in [6, 6.07) is 5.31. The van der Waals surface area contributed by atoms with Gasteiger partial charge in [-0.3, -0.25) is 9.78 Å². The molecule has 1 heterocycles. The Labute approximate surface area is 99.7 Å². The van der Waals surface area contributed by atoms with Crippen molar-refractivity contribution in [2.45, 2.75) is 0 Å². The van der Waals surface area contributed by atoms with Gasteiger partial charge >= 0.3 is 0 Å². The van der Waals surface area contributed by atoms with Crippen LogP contribution >= 0.6 is 0 Å². The highest BCUT2D eigenvalue weighted by Gasteiger charge is 2.07. The van der Waals surface area contributed by atoms with E-state index in [1.54, 1.807) is 31.6 Å². The molecule has 0 saturated heterocycles. The summed E-state index contributed by atoms with van der Waals surface area (Å²) in [7, 11) is 1.55. The van der Waals surface area contributed by atoms with Crippen molar-refractivity contribution in [2.75, 3.05) is 20.3 Å². The number of amides is 1. The van der Waals surface area contributed by atoms with Gasteiger partial charge in [0.05, 0.1) is 6.61 Å². The number of nitriles is 1. The third kappa shape index (κ3) is 4.45. The molecule has 88 valence electrons. The van der Waals surface area contributed by atoms with Gasteiger partial charge in [0.2, 0.25) is 0 Å². The number of rotatable bonds is 5. The Morgan fingerprint density at radius 3 is 2.88 bits per heavy atom. The normalized spacial score (nSPS) is 10.7. The van der Waals surface area contributed by atoms with Crippen molar-refractivity contribution in [2.24, 2.45) is 0 Å². The number of carbonyl (C=O) groups excluding carboxylic acids is 1. The number of nitrogens with zero attached hydrogens (tertiary/aromatic N) is 2. The fourth-order valence-corrected chi connectivity index (χ4v) is 1.14. The highest BCUT2D eigenvalue weighted by Crippen LogP contribution is 2.04. The molecule has 0 aliphatic heterocycles. The number of aromatic nitrogens is 1. The van der Waals surface area contributed by atoms with Gasteiger partial charge in [-0.05, 0) is 23.8 Å². The van der Waals surface area contributed by atoms with Gasteiger partial charge in [0.25, 0.3) is 5.91 Å². The largest absolute Gasteiger partial charge is 0.383 e. The maximum absolute atomic E-state index is 11.6. The molecule has 5 nitrogen and oxygen atoms in total.